The Morgan fingerprint density at radius 2 is 2.09 bits per heavy atom. The van der Waals surface area contributed by atoms with Gasteiger partial charge in [-0.2, -0.15) is 12.6 Å². The van der Waals surface area contributed by atoms with E-state index in [1.165, 1.54) is 0 Å². The lowest BCUT2D eigenvalue weighted by molar-refractivity contribution is -0.117. The zero-order valence-electron chi connectivity index (χ0n) is 5.95. The van der Waals surface area contributed by atoms with Gasteiger partial charge in [0.05, 0.1) is 5.25 Å². The molecular weight excluding hydrogens is 156 g/mol. The van der Waals surface area contributed by atoms with Gasteiger partial charge in [-0.25, -0.2) is 0 Å². The Kier molecular flexibility index (Phi) is 1.50. The van der Waals surface area contributed by atoms with Crippen molar-refractivity contribution in [1.29, 1.82) is 0 Å². The van der Waals surface area contributed by atoms with Crippen LogP contribution in [0.5, 0.6) is 0 Å². The lowest BCUT2D eigenvalue weighted by Gasteiger charge is -1.99. The van der Waals surface area contributed by atoms with Crippen LogP contribution in [0.3, 0.4) is 0 Å². The highest BCUT2D eigenvalue weighted by atomic mass is 32.1. The average Bonchev–Trinajstić information content (AvgIpc) is 2.30. The first-order valence-corrected chi connectivity index (χ1v) is 4.09. The van der Waals surface area contributed by atoms with Crippen LogP contribution in [0.25, 0.3) is 0 Å². The third-order valence-electron chi connectivity index (χ3n) is 2.02. The molecule has 1 aromatic rings. The molecule has 1 atom stereocenters. The summed E-state index contributed by atoms with van der Waals surface area (Å²) >= 11 is 4.22. The van der Waals surface area contributed by atoms with Crippen LogP contribution in [0, 0.1) is 0 Å². The van der Waals surface area contributed by atoms with Crippen molar-refractivity contribution in [1.82, 2.24) is 0 Å². The zero-order valence-corrected chi connectivity index (χ0v) is 6.84. The molecule has 0 fully saturated rings. The second-order valence-electron chi connectivity index (χ2n) is 2.74. The largest absolute Gasteiger partial charge is 0.298 e. The van der Waals surface area contributed by atoms with Gasteiger partial charge in [0, 0.05) is 6.42 Å². The molecular formula is C9H8OS. The molecule has 0 aromatic heterocycles. The van der Waals surface area contributed by atoms with E-state index in [4.69, 9.17) is 0 Å². The molecule has 0 bridgehead atoms. The van der Waals surface area contributed by atoms with Gasteiger partial charge in [-0.05, 0) is 11.1 Å². The van der Waals surface area contributed by atoms with Gasteiger partial charge in [-0.1, -0.05) is 24.3 Å². The predicted octanol–water partition coefficient (Wildman–Crippen LogP) is 1.78. The van der Waals surface area contributed by atoms with E-state index in [9.17, 15) is 4.79 Å². The number of hydrogen-bond acceptors (Lipinski definition) is 2. The monoisotopic (exact) mass is 164 g/mol. The van der Waals surface area contributed by atoms with Crippen molar-refractivity contribution in [2.45, 2.75) is 11.7 Å². The molecule has 2 heteroatoms. The van der Waals surface area contributed by atoms with Gasteiger partial charge < -0.3 is 0 Å². The van der Waals surface area contributed by atoms with Crippen molar-refractivity contribution < 1.29 is 4.79 Å². The molecule has 1 aliphatic rings. The van der Waals surface area contributed by atoms with Crippen molar-refractivity contribution in [3.63, 3.8) is 0 Å². The summed E-state index contributed by atoms with van der Waals surface area (Å²) in [4.78, 5) is 11.2. The van der Waals surface area contributed by atoms with Gasteiger partial charge >= 0.3 is 0 Å². The van der Waals surface area contributed by atoms with Gasteiger partial charge in [0.1, 0.15) is 0 Å². The first kappa shape index (κ1) is 6.92. The summed E-state index contributed by atoms with van der Waals surface area (Å²) in [5.74, 6) is 0.217. The average molecular weight is 164 g/mol. The van der Waals surface area contributed by atoms with Crippen LogP contribution in [0.2, 0.25) is 0 Å². The molecule has 1 nitrogen and oxygen atoms in total. The van der Waals surface area contributed by atoms with Crippen LogP contribution in [-0.2, 0) is 11.2 Å². The fourth-order valence-electron chi connectivity index (χ4n) is 1.42. The van der Waals surface area contributed by atoms with Gasteiger partial charge in [-0.15, -0.1) is 0 Å². The molecule has 0 aliphatic heterocycles. The Morgan fingerprint density at radius 3 is 2.82 bits per heavy atom. The van der Waals surface area contributed by atoms with E-state index in [1.54, 1.807) is 0 Å². The number of ketones is 1. The minimum absolute atomic E-state index is 0.175. The van der Waals surface area contributed by atoms with Crippen molar-refractivity contribution >= 4 is 18.4 Å². The van der Waals surface area contributed by atoms with E-state index in [0.29, 0.717) is 6.42 Å². The molecule has 1 unspecified atom stereocenters. The number of Topliss-reactive ketones (excluding diaryl/α,β-unsaturated/α-hetero) is 1. The summed E-state index contributed by atoms with van der Waals surface area (Å²) in [5.41, 5.74) is 2.22. The normalized spacial score (nSPS) is 21.9. The Balaban J connectivity index is 2.55. The summed E-state index contributed by atoms with van der Waals surface area (Å²) in [6.45, 7) is 0. The smallest absolute Gasteiger partial charge is 0.154 e. The Bertz CT molecular complexity index is 306. The van der Waals surface area contributed by atoms with E-state index in [0.717, 1.165) is 11.1 Å². The first-order valence-electron chi connectivity index (χ1n) is 3.57. The Hall–Kier alpha value is -0.760. The molecule has 0 spiro atoms. The van der Waals surface area contributed by atoms with Crippen molar-refractivity contribution in [2.24, 2.45) is 0 Å². The van der Waals surface area contributed by atoms with E-state index in [1.807, 2.05) is 24.3 Å². The molecule has 1 aliphatic carbocycles. The van der Waals surface area contributed by atoms with Gasteiger partial charge in [0.15, 0.2) is 5.78 Å². The van der Waals surface area contributed by atoms with E-state index in [2.05, 4.69) is 12.6 Å². The van der Waals surface area contributed by atoms with Crippen molar-refractivity contribution in [3.05, 3.63) is 35.4 Å². The van der Waals surface area contributed by atoms with Crippen LogP contribution in [0.15, 0.2) is 24.3 Å². The number of carbonyl (C=O) groups excluding carboxylic acids is 1. The van der Waals surface area contributed by atoms with Gasteiger partial charge in [0.2, 0.25) is 0 Å². The SMILES string of the molecule is O=C1Cc2ccccc2C1S. The molecule has 2 rings (SSSR count). The molecule has 0 radical (unpaired) electrons. The summed E-state index contributed by atoms with van der Waals surface area (Å²) in [6.07, 6.45) is 0.560. The number of rotatable bonds is 0. The van der Waals surface area contributed by atoms with Crippen LogP contribution < -0.4 is 0 Å². The molecule has 1 aromatic carbocycles. The number of thiol groups is 1. The number of hydrogen-bond donors (Lipinski definition) is 1. The topological polar surface area (TPSA) is 17.1 Å². The van der Waals surface area contributed by atoms with Gasteiger partial charge in [-0.3, -0.25) is 4.79 Å². The summed E-state index contributed by atoms with van der Waals surface area (Å²) in [7, 11) is 0. The maximum atomic E-state index is 11.2. The Labute approximate surface area is 70.8 Å². The predicted molar refractivity (Wildman–Crippen MR) is 46.9 cm³/mol. The van der Waals surface area contributed by atoms with E-state index >= 15 is 0 Å². The highest BCUT2D eigenvalue weighted by molar-refractivity contribution is 7.81. The molecule has 0 saturated carbocycles. The fraction of sp³-hybridized carbons (Fsp3) is 0.222. The maximum absolute atomic E-state index is 11.2. The highest BCUT2D eigenvalue weighted by Crippen LogP contribution is 2.32. The number of fused-ring (bicyclic) bond motifs is 1. The second-order valence-corrected chi connectivity index (χ2v) is 3.26. The minimum atomic E-state index is -0.175. The van der Waals surface area contributed by atoms with Crippen molar-refractivity contribution in [2.75, 3.05) is 0 Å². The third-order valence-corrected chi connectivity index (χ3v) is 2.59. The first-order chi connectivity index (χ1) is 5.29. The quantitative estimate of drug-likeness (QED) is 0.578. The standard InChI is InChI=1S/C9H8OS/c10-8-5-6-3-1-2-4-7(6)9(8)11/h1-4,9,11H,5H2. The minimum Gasteiger partial charge on any atom is -0.298 e. The summed E-state index contributed by atoms with van der Waals surface area (Å²) < 4.78 is 0. The number of benzene rings is 1. The van der Waals surface area contributed by atoms with Crippen LogP contribution >= 0.6 is 12.6 Å². The molecule has 0 N–H and O–H groups in total. The lowest BCUT2D eigenvalue weighted by Crippen LogP contribution is -1.97. The third kappa shape index (κ3) is 0.979. The molecule has 56 valence electrons. The molecule has 11 heavy (non-hydrogen) atoms. The molecule has 0 amide bonds. The molecule has 0 saturated heterocycles. The Morgan fingerprint density at radius 1 is 1.36 bits per heavy atom. The fourth-order valence-corrected chi connectivity index (χ4v) is 1.76. The van der Waals surface area contributed by atoms with Crippen LogP contribution in [0.1, 0.15) is 16.4 Å². The van der Waals surface area contributed by atoms with E-state index in [-0.39, 0.29) is 11.0 Å². The lowest BCUT2D eigenvalue weighted by atomic mass is 10.1. The van der Waals surface area contributed by atoms with Crippen LogP contribution in [-0.4, -0.2) is 5.78 Å². The summed E-state index contributed by atoms with van der Waals surface area (Å²) in [6, 6.07) is 7.86. The van der Waals surface area contributed by atoms with E-state index < -0.39 is 0 Å². The summed E-state index contributed by atoms with van der Waals surface area (Å²) in [5, 5.41) is -0.175. The molecule has 0 heterocycles. The number of carbonyl (C=O) groups is 1. The highest BCUT2D eigenvalue weighted by Gasteiger charge is 2.26. The van der Waals surface area contributed by atoms with Gasteiger partial charge in [0.25, 0.3) is 0 Å². The zero-order chi connectivity index (χ0) is 7.84. The second kappa shape index (κ2) is 2.38. The van der Waals surface area contributed by atoms with Crippen LogP contribution in [0.4, 0.5) is 0 Å². The maximum Gasteiger partial charge on any atom is 0.154 e. The van der Waals surface area contributed by atoms with Crippen molar-refractivity contribution in [3.8, 4) is 0 Å².